The van der Waals surface area contributed by atoms with Crippen molar-refractivity contribution in [2.75, 3.05) is 38.7 Å². The maximum atomic E-state index is 5.05. The lowest BCUT2D eigenvalue weighted by atomic mass is 9.99. The summed E-state index contributed by atoms with van der Waals surface area (Å²) in [5.74, 6) is 0.906. The zero-order chi connectivity index (χ0) is 8.81. The summed E-state index contributed by atoms with van der Waals surface area (Å²) in [5, 5.41) is 1.17. The van der Waals surface area contributed by atoms with Crippen molar-refractivity contribution in [2.45, 2.75) is 12.8 Å². The van der Waals surface area contributed by atoms with Gasteiger partial charge in [0.1, 0.15) is 0 Å². The zero-order valence-corrected chi connectivity index (χ0v) is 9.35. The lowest BCUT2D eigenvalue weighted by Crippen LogP contribution is -2.36. The highest BCUT2D eigenvalue weighted by atomic mass is 79.9. The lowest BCUT2D eigenvalue weighted by molar-refractivity contribution is 0.124. The van der Waals surface area contributed by atoms with Crippen molar-refractivity contribution in [2.24, 2.45) is 5.92 Å². The van der Waals surface area contributed by atoms with E-state index in [1.165, 1.54) is 31.3 Å². The van der Waals surface area contributed by atoms with Gasteiger partial charge in [0, 0.05) is 19.0 Å². The Hall–Kier alpha value is 0.400. The van der Waals surface area contributed by atoms with Crippen LogP contribution in [0.2, 0.25) is 0 Å². The zero-order valence-electron chi connectivity index (χ0n) is 7.76. The van der Waals surface area contributed by atoms with Crippen LogP contribution in [0, 0.1) is 5.92 Å². The van der Waals surface area contributed by atoms with Gasteiger partial charge in [0.05, 0.1) is 6.61 Å². The molecule has 0 bridgehead atoms. The molecule has 0 atom stereocenters. The summed E-state index contributed by atoms with van der Waals surface area (Å²) >= 11 is 3.54. The summed E-state index contributed by atoms with van der Waals surface area (Å²) < 4.78 is 5.05. The molecule has 0 aromatic carbocycles. The van der Waals surface area contributed by atoms with Crippen molar-refractivity contribution in [3.8, 4) is 0 Å². The first kappa shape index (κ1) is 10.5. The van der Waals surface area contributed by atoms with E-state index in [1.54, 1.807) is 7.11 Å². The highest BCUT2D eigenvalue weighted by Crippen LogP contribution is 2.18. The van der Waals surface area contributed by atoms with Crippen LogP contribution in [0.25, 0.3) is 0 Å². The number of piperidine rings is 1. The van der Waals surface area contributed by atoms with Crippen LogP contribution >= 0.6 is 15.9 Å². The first-order valence-corrected chi connectivity index (χ1v) is 5.76. The molecular weight excluding hydrogens is 218 g/mol. The number of hydrogen-bond donors (Lipinski definition) is 0. The summed E-state index contributed by atoms with van der Waals surface area (Å²) in [6.45, 7) is 4.48. The van der Waals surface area contributed by atoms with Crippen molar-refractivity contribution in [1.29, 1.82) is 0 Å². The predicted octanol–water partition coefficient (Wildman–Crippen LogP) is 1.74. The molecule has 1 saturated heterocycles. The van der Waals surface area contributed by atoms with Gasteiger partial charge in [-0.1, -0.05) is 15.9 Å². The molecule has 0 amide bonds. The summed E-state index contributed by atoms with van der Waals surface area (Å²) in [6, 6.07) is 0. The SMILES string of the molecule is COCCN1CCC(CBr)CC1. The second-order valence-electron chi connectivity index (χ2n) is 3.43. The van der Waals surface area contributed by atoms with Crippen LogP contribution in [0.5, 0.6) is 0 Å². The summed E-state index contributed by atoms with van der Waals surface area (Å²) in [6.07, 6.45) is 2.68. The number of methoxy groups -OCH3 is 1. The van der Waals surface area contributed by atoms with Gasteiger partial charge in [-0.2, -0.15) is 0 Å². The van der Waals surface area contributed by atoms with Gasteiger partial charge in [-0.3, -0.25) is 0 Å². The topological polar surface area (TPSA) is 12.5 Å². The van der Waals surface area contributed by atoms with Crippen LogP contribution in [0.3, 0.4) is 0 Å². The Morgan fingerprint density at radius 2 is 2.08 bits per heavy atom. The number of ether oxygens (including phenoxy) is 1. The average molecular weight is 236 g/mol. The van der Waals surface area contributed by atoms with Crippen LogP contribution < -0.4 is 0 Å². The number of hydrogen-bond acceptors (Lipinski definition) is 2. The summed E-state index contributed by atoms with van der Waals surface area (Å²) in [7, 11) is 1.77. The lowest BCUT2D eigenvalue weighted by Gasteiger charge is -2.30. The predicted molar refractivity (Wildman–Crippen MR) is 54.8 cm³/mol. The maximum absolute atomic E-state index is 5.05. The third kappa shape index (κ3) is 3.42. The van der Waals surface area contributed by atoms with Crippen molar-refractivity contribution in [3.05, 3.63) is 0 Å². The number of alkyl halides is 1. The Bertz CT molecular complexity index is 113. The third-order valence-corrected chi connectivity index (χ3v) is 3.45. The van der Waals surface area contributed by atoms with E-state index < -0.39 is 0 Å². The normalized spacial score (nSPS) is 21.5. The highest BCUT2D eigenvalue weighted by Gasteiger charge is 2.17. The van der Waals surface area contributed by atoms with Crippen LogP contribution in [-0.2, 0) is 4.74 Å². The molecule has 0 spiro atoms. The molecular formula is C9H18BrNO. The summed E-state index contributed by atoms with van der Waals surface area (Å²) in [5.41, 5.74) is 0. The molecule has 1 rings (SSSR count). The molecule has 72 valence electrons. The molecule has 1 heterocycles. The van der Waals surface area contributed by atoms with Gasteiger partial charge in [-0.15, -0.1) is 0 Å². The minimum atomic E-state index is 0.874. The Morgan fingerprint density at radius 3 is 2.58 bits per heavy atom. The highest BCUT2D eigenvalue weighted by molar-refractivity contribution is 9.09. The third-order valence-electron chi connectivity index (χ3n) is 2.54. The fraction of sp³-hybridized carbons (Fsp3) is 1.00. The molecule has 12 heavy (non-hydrogen) atoms. The van der Waals surface area contributed by atoms with Gasteiger partial charge < -0.3 is 9.64 Å². The quantitative estimate of drug-likeness (QED) is 0.689. The molecule has 0 N–H and O–H groups in total. The van der Waals surface area contributed by atoms with Gasteiger partial charge in [0.25, 0.3) is 0 Å². The van der Waals surface area contributed by atoms with Crippen LogP contribution in [0.4, 0.5) is 0 Å². The van der Waals surface area contributed by atoms with E-state index in [4.69, 9.17) is 4.74 Å². The molecule has 0 aliphatic carbocycles. The largest absolute Gasteiger partial charge is 0.383 e. The fourth-order valence-electron chi connectivity index (χ4n) is 1.58. The molecule has 0 aromatic rings. The second-order valence-corrected chi connectivity index (χ2v) is 4.08. The standard InChI is InChI=1S/C9H18BrNO/c1-12-7-6-11-4-2-9(8-10)3-5-11/h9H,2-8H2,1H3. The average Bonchev–Trinajstić information content (AvgIpc) is 2.15. The van der Waals surface area contributed by atoms with Crippen molar-refractivity contribution >= 4 is 15.9 Å². The first-order chi connectivity index (χ1) is 5.86. The minimum Gasteiger partial charge on any atom is -0.383 e. The van der Waals surface area contributed by atoms with Crippen LogP contribution in [-0.4, -0.2) is 43.6 Å². The molecule has 1 aliphatic rings. The van der Waals surface area contributed by atoms with Gasteiger partial charge in [0.2, 0.25) is 0 Å². The Morgan fingerprint density at radius 1 is 1.42 bits per heavy atom. The maximum Gasteiger partial charge on any atom is 0.0589 e. The Labute approximate surface area is 83.4 Å². The van der Waals surface area contributed by atoms with Crippen molar-refractivity contribution < 1.29 is 4.74 Å². The van der Waals surface area contributed by atoms with Crippen molar-refractivity contribution in [3.63, 3.8) is 0 Å². The van der Waals surface area contributed by atoms with E-state index >= 15 is 0 Å². The minimum absolute atomic E-state index is 0.874. The smallest absolute Gasteiger partial charge is 0.0589 e. The van der Waals surface area contributed by atoms with E-state index in [2.05, 4.69) is 20.8 Å². The van der Waals surface area contributed by atoms with Gasteiger partial charge in [0.15, 0.2) is 0 Å². The molecule has 1 aliphatic heterocycles. The van der Waals surface area contributed by atoms with Gasteiger partial charge in [-0.05, 0) is 31.8 Å². The fourth-order valence-corrected chi connectivity index (χ4v) is 2.23. The molecule has 2 nitrogen and oxygen atoms in total. The molecule has 1 fully saturated rings. The molecule has 0 unspecified atom stereocenters. The monoisotopic (exact) mass is 235 g/mol. The van der Waals surface area contributed by atoms with E-state index in [1.807, 2.05) is 0 Å². The van der Waals surface area contributed by atoms with E-state index in [0.29, 0.717) is 0 Å². The Balaban J connectivity index is 2.09. The van der Waals surface area contributed by atoms with E-state index in [0.717, 1.165) is 19.1 Å². The van der Waals surface area contributed by atoms with E-state index in [9.17, 15) is 0 Å². The first-order valence-electron chi connectivity index (χ1n) is 4.64. The molecule has 3 heteroatoms. The number of likely N-dealkylation sites (tertiary alicyclic amines) is 1. The van der Waals surface area contributed by atoms with E-state index in [-0.39, 0.29) is 0 Å². The number of rotatable bonds is 4. The molecule has 0 radical (unpaired) electrons. The van der Waals surface area contributed by atoms with Crippen molar-refractivity contribution in [1.82, 2.24) is 4.90 Å². The number of nitrogens with zero attached hydrogens (tertiary/aromatic N) is 1. The summed E-state index contributed by atoms with van der Waals surface area (Å²) in [4.78, 5) is 2.49. The van der Waals surface area contributed by atoms with Crippen LogP contribution in [0.1, 0.15) is 12.8 Å². The Kier molecular flexibility index (Phi) is 5.19. The van der Waals surface area contributed by atoms with Gasteiger partial charge >= 0.3 is 0 Å². The number of halogens is 1. The molecule has 0 aromatic heterocycles. The second kappa shape index (κ2) is 5.95. The molecule has 0 saturated carbocycles. The van der Waals surface area contributed by atoms with Crippen LogP contribution in [0.15, 0.2) is 0 Å². The van der Waals surface area contributed by atoms with Gasteiger partial charge in [-0.25, -0.2) is 0 Å².